The van der Waals surface area contributed by atoms with Crippen LogP contribution in [0.4, 0.5) is 5.69 Å². The van der Waals surface area contributed by atoms with Crippen molar-refractivity contribution in [3.8, 4) is 17.2 Å². The maximum atomic E-state index is 13.3. The molecule has 0 N–H and O–H groups in total. The Morgan fingerprint density at radius 1 is 1.00 bits per heavy atom. The van der Waals surface area contributed by atoms with E-state index in [0.29, 0.717) is 67.1 Å². The van der Waals surface area contributed by atoms with Crippen molar-refractivity contribution in [2.24, 2.45) is 4.99 Å². The van der Waals surface area contributed by atoms with Gasteiger partial charge in [0.2, 0.25) is 5.75 Å². The summed E-state index contributed by atoms with van der Waals surface area (Å²) in [6, 6.07) is 7.76. The largest absolute Gasteiger partial charge is 0.490 e. The average Bonchev–Trinajstić information content (AvgIpc) is 3.17. The number of hydrogen-bond donors (Lipinski definition) is 0. The number of fused-ring (bicyclic) bond motifs is 1. The number of ether oxygens (including phenoxy) is 4. The molecule has 0 spiro atoms. The highest BCUT2D eigenvalue weighted by Gasteiger charge is 2.19. The van der Waals surface area contributed by atoms with Gasteiger partial charge < -0.3 is 23.5 Å². The first-order valence-electron chi connectivity index (χ1n) is 11.4. The van der Waals surface area contributed by atoms with Crippen molar-refractivity contribution >= 4 is 33.1 Å². The Morgan fingerprint density at radius 2 is 1.66 bits per heavy atom. The van der Waals surface area contributed by atoms with E-state index in [4.69, 9.17) is 18.9 Å². The molecule has 0 fully saturated rings. The third-order valence-electron chi connectivity index (χ3n) is 4.89. The van der Waals surface area contributed by atoms with Gasteiger partial charge in [0.15, 0.2) is 16.3 Å². The zero-order valence-electron chi connectivity index (χ0n) is 20.2. The number of nitro benzene ring substituents is 1. The third-order valence-corrected chi connectivity index (χ3v) is 5.95. The minimum Gasteiger partial charge on any atom is -0.490 e. The van der Waals surface area contributed by atoms with Gasteiger partial charge in [0.1, 0.15) is 0 Å². The number of hydrogen-bond acceptors (Lipinski definition) is 8. The van der Waals surface area contributed by atoms with E-state index in [0.717, 1.165) is 4.70 Å². The number of amides is 1. The van der Waals surface area contributed by atoms with Crippen LogP contribution in [-0.2, 0) is 11.3 Å². The van der Waals surface area contributed by atoms with Gasteiger partial charge in [-0.2, -0.15) is 4.99 Å². The van der Waals surface area contributed by atoms with Crippen LogP contribution >= 0.6 is 11.3 Å². The SMILES string of the molecule is CCOCCn1c(=NC(=O)c2cc(OCC)c(OCC)c(OCC)c2)sc2ccc([N+](=O)[O-])cc21. The zero-order valence-corrected chi connectivity index (χ0v) is 21.1. The summed E-state index contributed by atoms with van der Waals surface area (Å²) < 4.78 is 25.1. The molecule has 0 atom stereocenters. The Bertz CT molecular complexity index is 1240. The van der Waals surface area contributed by atoms with Crippen LogP contribution in [0.2, 0.25) is 0 Å². The van der Waals surface area contributed by atoms with Crippen molar-refractivity contribution in [1.82, 2.24) is 4.57 Å². The molecule has 10 nitrogen and oxygen atoms in total. The quantitative estimate of drug-likeness (QED) is 0.202. The molecule has 0 radical (unpaired) electrons. The first-order chi connectivity index (χ1) is 16.9. The lowest BCUT2D eigenvalue weighted by Gasteiger charge is -2.16. The van der Waals surface area contributed by atoms with Crippen LogP contribution in [0.1, 0.15) is 38.1 Å². The predicted molar refractivity (Wildman–Crippen MR) is 133 cm³/mol. The van der Waals surface area contributed by atoms with Gasteiger partial charge in [-0.05, 0) is 45.9 Å². The van der Waals surface area contributed by atoms with Crippen LogP contribution in [-0.4, -0.2) is 48.4 Å². The summed E-state index contributed by atoms with van der Waals surface area (Å²) in [5, 5.41) is 11.3. The summed E-state index contributed by atoms with van der Waals surface area (Å²) in [5.41, 5.74) is 0.861. The summed E-state index contributed by atoms with van der Waals surface area (Å²) in [6.45, 7) is 9.88. The molecule has 2 aromatic carbocycles. The van der Waals surface area contributed by atoms with Gasteiger partial charge in [-0.3, -0.25) is 14.9 Å². The van der Waals surface area contributed by atoms with Crippen LogP contribution in [0, 0.1) is 10.1 Å². The van der Waals surface area contributed by atoms with Crippen molar-refractivity contribution in [2.45, 2.75) is 34.2 Å². The van der Waals surface area contributed by atoms with E-state index >= 15 is 0 Å². The van der Waals surface area contributed by atoms with E-state index < -0.39 is 10.8 Å². The van der Waals surface area contributed by atoms with E-state index in [1.807, 2.05) is 27.7 Å². The van der Waals surface area contributed by atoms with Crippen LogP contribution in [0.15, 0.2) is 35.3 Å². The van der Waals surface area contributed by atoms with Crippen molar-refractivity contribution in [3.63, 3.8) is 0 Å². The standard InChI is InChI=1S/C24H29N3O7S/c1-5-31-12-11-26-18-15-17(27(29)30)9-10-21(18)35-24(26)25-23(28)16-13-19(32-6-2)22(34-8-4)20(14-16)33-7-3/h9-10,13-15H,5-8,11-12H2,1-4H3. The number of rotatable bonds is 12. The maximum Gasteiger partial charge on any atom is 0.279 e. The van der Waals surface area contributed by atoms with E-state index in [1.165, 1.54) is 23.5 Å². The Balaban J connectivity index is 2.13. The van der Waals surface area contributed by atoms with Crippen LogP contribution in [0.3, 0.4) is 0 Å². The lowest BCUT2D eigenvalue weighted by Crippen LogP contribution is -2.20. The summed E-state index contributed by atoms with van der Waals surface area (Å²) in [6.07, 6.45) is 0. The monoisotopic (exact) mass is 503 g/mol. The molecule has 0 aliphatic rings. The first-order valence-corrected chi connectivity index (χ1v) is 12.3. The summed E-state index contributed by atoms with van der Waals surface area (Å²) >= 11 is 1.28. The second-order valence-corrected chi connectivity index (χ2v) is 8.17. The van der Waals surface area contributed by atoms with Crippen molar-refractivity contribution in [1.29, 1.82) is 0 Å². The highest BCUT2D eigenvalue weighted by atomic mass is 32.1. The fourth-order valence-electron chi connectivity index (χ4n) is 3.44. The number of non-ortho nitro benzene ring substituents is 1. The van der Waals surface area contributed by atoms with Crippen molar-refractivity contribution in [3.05, 3.63) is 50.8 Å². The van der Waals surface area contributed by atoms with E-state index in [1.54, 1.807) is 22.8 Å². The number of thiazole rings is 1. The molecule has 3 aromatic rings. The molecule has 188 valence electrons. The molecule has 1 amide bonds. The summed E-state index contributed by atoms with van der Waals surface area (Å²) in [5.74, 6) is 0.736. The molecule has 0 aliphatic heterocycles. The number of carbonyl (C=O) groups excluding carboxylic acids is 1. The van der Waals surface area contributed by atoms with Gasteiger partial charge in [0.25, 0.3) is 11.6 Å². The number of nitrogens with zero attached hydrogens (tertiary/aromatic N) is 3. The highest BCUT2D eigenvalue weighted by Crippen LogP contribution is 2.39. The van der Waals surface area contributed by atoms with Crippen LogP contribution < -0.4 is 19.0 Å². The Hall–Kier alpha value is -3.44. The molecule has 1 heterocycles. The molecule has 0 saturated carbocycles. The third kappa shape index (κ3) is 6.17. The highest BCUT2D eigenvalue weighted by molar-refractivity contribution is 7.16. The van der Waals surface area contributed by atoms with E-state index in [2.05, 4.69) is 4.99 Å². The van der Waals surface area contributed by atoms with Crippen LogP contribution in [0.5, 0.6) is 17.2 Å². The van der Waals surface area contributed by atoms with Gasteiger partial charge in [-0.1, -0.05) is 11.3 Å². The lowest BCUT2D eigenvalue weighted by molar-refractivity contribution is -0.384. The van der Waals surface area contributed by atoms with E-state index in [-0.39, 0.29) is 11.3 Å². The summed E-state index contributed by atoms with van der Waals surface area (Å²) in [4.78, 5) is 28.9. The lowest BCUT2D eigenvalue weighted by atomic mass is 10.1. The van der Waals surface area contributed by atoms with E-state index in [9.17, 15) is 14.9 Å². The fourth-order valence-corrected chi connectivity index (χ4v) is 4.47. The number of benzene rings is 2. The van der Waals surface area contributed by atoms with Gasteiger partial charge >= 0.3 is 0 Å². The normalized spacial score (nSPS) is 11.6. The zero-order chi connectivity index (χ0) is 25.4. The molecule has 0 bridgehead atoms. The molecular formula is C24H29N3O7S. The molecule has 35 heavy (non-hydrogen) atoms. The fraction of sp³-hybridized carbons (Fsp3) is 0.417. The average molecular weight is 504 g/mol. The molecule has 3 rings (SSSR count). The topological polar surface area (TPSA) is 114 Å². The van der Waals surface area contributed by atoms with Gasteiger partial charge in [-0.25, -0.2) is 0 Å². The minimum atomic E-state index is -0.499. The Labute approximate surface area is 206 Å². The molecule has 1 aromatic heterocycles. The maximum absolute atomic E-state index is 13.3. The van der Waals surface area contributed by atoms with Crippen LogP contribution in [0.25, 0.3) is 10.2 Å². The number of nitro groups is 1. The predicted octanol–water partition coefficient (Wildman–Crippen LogP) is 4.58. The molecule has 0 aliphatic carbocycles. The van der Waals surface area contributed by atoms with Crippen molar-refractivity contribution < 1.29 is 28.7 Å². The molecular weight excluding hydrogens is 474 g/mol. The summed E-state index contributed by atoms with van der Waals surface area (Å²) in [7, 11) is 0. The van der Waals surface area contributed by atoms with Gasteiger partial charge in [0, 0.05) is 30.8 Å². The molecule has 0 unspecified atom stereocenters. The van der Waals surface area contributed by atoms with Gasteiger partial charge in [0.05, 0.1) is 41.6 Å². The first kappa shape index (κ1) is 26.2. The number of carbonyl (C=O) groups is 1. The van der Waals surface area contributed by atoms with Crippen molar-refractivity contribution in [2.75, 3.05) is 33.0 Å². The minimum absolute atomic E-state index is 0.0347. The molecule has 0 saturated heterocycles. The smallest absolute Gasteiger partial charge is 0.279 e. The second-order valence-electron chi connectivity index (χ2n) is 7.16. The molecule has 11 heteroatoms. The Kier molecular flexibility index (Phi) is 9.21. The second kappa shape index (κ2) is 12.3. The van der Waals surface area contributed by atoms with Gasteiger partial charge in [-0.15, -0.1) is 0 Å². The Morgan fingerprint density at radius 3 is 2.23 bits per heavy atom. The number of aromatic nitrogens is 1.